The molecule has 0 aliphatic heterocycles. The number of aldehydes is 2. The quantitative estimate of drug-likeness (QED) is 0.485. The summed E-state index contributed by atoms with van der Waals surface area (Å²) in [6.07, 6.45) is 2.03. The van der Waals surface area contributed by atoms with Crippen LogP contribution in [0.15, 0.2) is 60.7 Å². The number of carbonyl (C=O) groups excluding carboxylic acids is 2. The van der Waals surface area contributed by atoms with Gasteiger partial charge in [0.25, 0.3) is 0 Å². The molecule has 2 rings (SSSR count). The van der Waals surface area contributed by atoms with Crippen LogP contribution in [-0.2, 0) is 30.7 Å². The van der Waals surface area contributed by atoms with Crippen molar-refractivity contribution in [1.82, 2.24) is 0 Å². The molecule has 1 atom stereocenters. The molecule has 0 aromatic heterocycles. The van der Waals surface area contributed by atoms with Crippen molar-refractivity contribution in [3.05, 3.63) is 60.7 Å². The minimum absolute atomic E-state index is 0. The third kappa shape index (κ3) is 4.20. The number of hydrogen-bond acceptors (Lipinski definition) is 2. The van der Waals surface area contributed by atoms with Gasteiger partial charge in [-0.25, -0.2) is 0 Å². The second-order valence-corrected chi connectivity index (χ2v) is 6.58. The van der Waals surface area contributed by atoms with Gasteiger partial charge in [0.2, 0.25) is 0 Å². The van der Waals surface area contributed by atoms with Crippen LogP contribution in [0, 0.1) is 0 Å². The Morgan fingerprint density at radius 3 is 1.65 bits per heavy atom. The van der Waals surface area contributed by atoms with E-state index < -0.39 is 7.92 Å². The summed E-state index contributed by atoms with van der Waals surface area (Å²) in [6.45, 7) is 0. The van der Waals surface area contributed by atoms with Gasteiger partial charge in [-0.15, -0.1) is 0 Å². The zero-order chi connectivity index (χ0) is 13.5. The first-order valence-electron chi connectivity index (χ1n) is 6.15. The summed E-state index contributed by atoms with van der Waals surface area (Å²) in [5, 5.41) is 2.25. The summed E-state index contributed by atoms with van der Waals surface area (Å²) >= 11 is 0. The number of hydrogen-bond donors (Lipinski definition) is 0. The largest absolute Gasteiger partial charge is 0.303 e. The molecular formula is C16H15O2PPt. The molecule has 0 N–H and O–H groups in total. The van der Waals surface area contributed by atoms with Crippen LogP contribution in [0.5, 0.6) is 0 Å². The van der Waals surface area contributed by atoms with E-state index in [-0.39, 0.29) is 33.1 Å². The van der Waals surface area contributed by atoms with Crippen molar-refractivity contribution in [3.63, 3.8) is 0 Å². The van der Waals surface area contributed by atoms with Crippen molar-refractivity contribution in [3.8, 4) is 0 Å². The smallest absolute Gasteiger partial charge is 0.128 e. The molecule has 0 radical (unpaired) electrons. The summed E-state index contributed by atoms with van der Waals surface area (Å²) in [7, 11) is -0.820. The summed E-state index contributed by atoms with van der Waals surface area (Å²) in [4.78, 5) is 22.1. The Labute approximate surface area is 134 Å². The van der Waals surface area contributed by atoms with Crippen LogP contribution in [0.25, 0.3) is 0 Å². The summed E-state index contributed by atoms with van der Waals surface area (Å²) < 4.78 is 0. The molecule has 0 fully saturated rings. The maximum absolute atomic E-state index is 11.3. The third-order valence-corrected chi connectivity index (χ3v) is 5.60. The molecule has 0 aliphatic rings. The van der Waals surface area contributed by atoms with Gasteiger partial charge in [0.1, 0.15) is 12.6 Å². The molecular weight excluding hydrogens is 450 g/mol. The van der Waals surface area contributed by atoms with Crippen LogP contribution in [-0.4, -0.2) is 18.2 Å². The van der Waals surface area contributed by atoms with Crippen LogP contribution in [0.2, 0.25) is 0 Å². The Bertz CT molecular complexity index is 491. The Morgan fingerprint density at radius 1 is 0.850 bits per heavy atom. The van der Waals surface area contributed by atoms with Gasteiger partial charge in [-0.3, -0.25) is 0 Å². The van der Waals surface area contributed by atoms with Gasteiger partial charge in [-0.1, -0.05) is 60.7 Å². The van der Waals surface area contributed by atoms with Crippen molar-refractivity contribution in [2.45, 2.75) is 12.1 Å². The molecule has 2 aromatic carbocycles. The predicted molar refractivity (Wildman–Crippen MR) is 79.6 cm³/mol. The molecule has 0 aliphatic carbocycles. The van der Waals surface area contributed by atoms with Crippen LogP contribution < -0.4 is 10.6 Å². The zero-order valence-corrected chi connectivity index (χ0v) is 14.0. The van der Waals surface area contributed by atoms with E-state index >= 15 is 0 Å². The van der Waals surface area contributed by atoms with E-state index in [0.29, 0.717) is 0 Å². The van der Waals surface area contributed by atoms with E-state index in [4.69, 9.17) is 0 Å². The average Bonchev–Trinajstić information content (AvgIpc) is 2.49. The van der Waals surface area contributed by atoms with Crippen molar-refractivity contribution < 1.29 is 30.7 Å². The normalized spacial score (nSPS) is 11.4. The fourth-order valence-corrected chi connectivity index (χ4v) is 4.50. The first kappa shape index (κ1) is 17.0. The molecule has 4 heteroatoms. The van der Waals surface area contributed by atoms with E-state index in [1.807, 2.05) is 60.7 Å². The number of rotatable bonds is 6. The number of carbonyl (C=O) groups is 2. The minimum Gasteiger partial charge on any atom is -0.303 e. The van der Waals surface area contributed by atoms with E-state index in [9.17, 15) is 9.59 Å². The molecule has 2 aromatic rings. The Balaban J connectivity index is 0.00000200. The van der Waals surface area contributed by atoms with Gasteiger partial charge in [0.15, 0.2) is 0 Å². The summed E-state index contributed by atoms with van der Waals surface area (Å²) in [6, 6.07) is 19.9. The Hall–Kier alpha value is -1.10. The fraction of sp³-hybridized carbons (Fsp3) is 0.125. The second kappa shape index (κ2) is 8.95. The van der Waals surface area contributed by atoms with Gasteiger partial charge in [-0.2, -0.15) is 0 Å². The molecule has 0 bridgehead atoms. The van der Waals surface area contributed by atoms with E-state index in [1.54, 1.807) is 0 Å². The molecule has 0 amide bonds. The molecule has 0 spiro atoms. The molecule has 0 heterocycles. The molecule has 1 unspecified atom stereocenters. The topological polar surface area (TPSA) is 34.1 Å². The zero-order valence-electron chi connectivity index (χ0n) is 10.8. The van der Waals surface area contributed by atoms with Crippen molar-refractivity contribution >= 4 is 31.1 Å². The van der Waals surface area contributed by atoms with E-state index in [2.05, 4.69) is 0 Å². The maximum atomic E-state index is 11.3. The van der Waals surface area contributed by atoms with E-state index in [1.165, 1.54) is 0 Å². The third-order valence-electron chi connectivity index (χ3n) is 2.90. The van der Waals surface area contributed by atoms with Crippen LogP contribution in [0.3, 0.4) is 0 Å². The monoisotopic (exact) mass is 465 g/mol. The first-order chi connectivity index (χ1) is 9.36. The predicted octanol–water partition coefficient (Wildman–Crippen LogP) is 2.27. The maximum Gasteiger partial charge on any atom is 0.128 e. The van der Waals surface area contributed by atoms with Gasteiger partial charge < -0.3 is 9.59 Å². The molecule has 2 nitrogen and oxygen atoms in total. The van der Waals surface area contributed by atoms with Crippen molar-refractivity contribution in [2.24, 2.45) is 0 Å². The summed E-state index contributed by atoms with van der Waals surface area (Å²) in [5.74, 6) is 0. The van der Waals surface area contributed by atoms with E-state index in [0.717, 1.165) is 23.2 Å². The molecule has 0 saturated carbocycles. The van der Waals surface area contributed by atoms with Crippen LogP contribution in [0.4, 0.5) is 0 Å². The van der Waals surface area contributed by atoms with Crippen molar-refractivity contribution in [1.29, 1.82) is 0 Å². The Morgan fingerprint density at radius 2 is 1.30 bits per heavy atom. The van der Waals surface area contributed by atoms with Gasteiger partial charge >= 0.3 is 0 Å². The van der Waals surface area contributed by atoms with Crippen LogP contribution in [0.1, 0.15) is 6.42 Å². The van der Waals surface area contributed by atoms with Crippen molar-refractivity contribution in [2.75, 3.05) is 0 Å². The van der Waals surface area contributed by atoms with Crippen LogP contribution >= 0.6 is 7.92 Å². The van der Waals surface area contributed by atoms with Gasteiger partial charge in [0.05, 0.1) is 0 Å². The van der Waals surface area contributed by atoms with Gasteiger partial charge in [0, 0.05) is 33.1 Å². The standard InChI is InChI=1S/C16H15O2P.Pt/c17-12-11-16(13-18)19(14-7-3-1-4-8-14)15-9-5-2-6-10-15;/h1-10,12-13,16H,11H2;. The SMILES string of the molecule is O=CCC(C=O)P(c1ccccc1)c1ccccc1.[Pt]. The molecule has 0 saturated heterocycles. The first-order valence-corrected chi connectivity index (χ1v) is 7.56. The Kier molecular flexibility index (Phi) is 7.58. The second-order valence-electron chi connectivity index (χ2n) is 4.15. The number of benzene rings is 2. The minimum atomic E-state index is -0.820. The van der Waals surface area contributed by atoms with Gasteiger partial charge in [-0.05, 0) is 18.5 Å². The molecule has 106 valence electrons. The summed E-state index contributed by atoms with van der Waals surface area (Å²) in [5.41, 5.74) is -0.253. The average molecular weight is 465 g/mol. The molecule has 20 heavy (non-hydrogen) atoms. The fourth-order valence-electron chi connectivity index (χ4n) is 2.03.